The average molecular weight is 281 g/mol. The van der Waals surface area contributed by atoms with Crippen molar-refractivity contribution in [3.63, 3.8) is 0 Å². The maximum absolute atomic E-state index is 8.42. The van der Waals surface area contributed by atoms with E-state index in [1.54, 1.807) is 0 Å². The third-order valence-corrected chi connectivity index (χ3v) is 0. The van der Waals surface area contributed by atoms with Crippen molar-refractivity contribution < 1.29 is 74.5 Å². The van der Waals surface area contributed by atoms with Gasteiger partial charge in [-0.2, -0.15) is 0 Å². The van der Waals surface area contributed by atoms with Gasteiger partial charge >= 0.3 is 39.9 Å². The molecule has 0 aromatic rings. The van der Waals surface area contributed by atoms with E-state index in [0.717, 1.165) is 0 Å². The first-order valence-electron chi connectivity index (χ1n) is 0.707. The zero-order chi connectivity index (χ0) is 3.58. The van der Waals surface area contributed by atoms with E-state index in [9.17, 15) is 0 Å². The largest absolute Gasteiger partial charge is 3.00 e. The quantitative estimate of drug-likeness (QED) is 0.426. The molecule has 0 unspecified atom stereocenters. The first-order chi connectivity index (χ1) is 1.73. The van der Waals surface area contributed by atoms with E-state index < -0.39 is 7.32 Å². The van der Waals surface area contributed by atoms with Crippen LogP contribution in [0.15, 0.2) is 0 Å². The third kappa shape index (κ3) is 39.4. The Morgan fingerprint density at radius 2 is 1.00 bits per heavy atom. The van der Waals surface area contributed by atoms with Crippen molar-refractivity contribution in [2.75, 3.05) is 0 Å². The molecule has 0 saturated heterocycles. The van der Waals surface area contributed by atoms with E-state index in [2.05, 4.69) is 0 Å². The molecular weight excluding hydrogens is 281 g/mol. The maximum Gasteiger partial charge on any atom is 3.00 e. The van der Waals surface area contributed by atoms with Crippen molar-refractivity contribution in [3.8, 4) is 0 Å². The number of rotatable bonds is 0. The fourth-order valence-corrected chi connectivity index (χ4v) is 0. The zero-order valence-corrected chi connectivity index (χ0v) is 8.10. The summed E-state index contributed by atoms with van der Waals surface area (Å²) in [5.41, 5.74) is 0. The minimum atomic E-state index is -2.92. The minimum Gasteiger partial charge on any atom is -0.907 e. The second-order valence-corrected chi connectivity index (χ2v) is 0.289. The summed E-state index contributed by atoms with van der Waals surface area (Å²) >= 11 is 0. The van der Waals surface area contributed by atoms with E-state index in [0.29, 0.717) is 0 Å². The van der Waals surface area contributed by atoms with Crippen molar-refractivity contribution >= 4 is 7.32 Å². The minimum absolute atomic E-state index is 0. The Morgan fingerprint density at radius 3 is 1.00 bits per heavy atom. The molecule has 0 bridgehead atoms. The normalized spacial score (nSPS) is 4.50. The van der Waals surface area contributed by atoms with Crippen molar-refractivity contribution in [1.82, 2.24) is 0 Å². The SMILES string of the molecule is [Gd+3].[O-]B([O-])[O-].[Zn]. The van der Waals surface area contributed by atoms with Crippen LogP contribution in [0.25, 0.3) is 0 Å². The van der Waals surface area contributed by atoms with Crippen molar-refractivity contribution in [3.05, 3.63) is 0 Å². The molecule has 0 atom stereocenters. The zero-order valence-electron chi connectivity index (χ0n) is 2.86. The van der Waals surface area contributed by atoms with Crippen LogP contribution in [0.1, 0.15) is 0 Å². The molecule has 0 heterocycles. The Bertz CT molecular complexity index is 15.5. The van der Waals surface area contributed by atoms with E-state index in [4.69, 9.17) is 15.1 Å². The van der Waals surface area contributed by atoms with Gasteiger partial charge in [0, 0.05) is 19.5 Å². The summed E-state index contributed by atoms with van der Waals surface area (Å²) in [7, 11) is -2.92. The smallest absolute Gasteiger partial charge is 0.907 e. The first kappa shape index (κ1) is 15.7. The van der Waals surface area contributed by atoms with Gasteiger partial charge in [-0.1, -0.05) is 0 Å². The second-order valence-electron chi connectivity index (χ2n) is 0.289. The van der Waals surface area contributed by atoms with Gasteiger partial charge in [-0.15, -0.1) is 0 Å². The molecule has 6 heavy (non-hydrogen) atoms. The summed E-state index contributed by atoms with van der Waals surface area (Å²) in [5.74, 6) is 0. The van der Waals surface area contributed by atoms with Gasteiger partial charge in [0.05, 0.1) is 0 Å². The van der Waals surface area contributed by atoms with Gasteiger partial charge in [0.15, 0.2) is 0 Å². The van der Waals surface area contributed by atoms with Crippen molar-refractivity contribution in [1.29, 1.82) is 0 Å². The van der Waals surface area contributed by atoms with Crippen LogP contribution < -0.4 is 15.1 Å². The van der Waals surface area contributed by atoms with Gasteiger partial charge in [-0.05, 0) is 0 Å². The van der Waals surface area contributed by atoms with Crippen LogP contribution in [-0.2, 0) is 19.5 Å². The second kappa shape index (κ2) is 10.00. The molecule has 0 aromatic carbocycles. The number of hydrogen-bond donors (Lipinski definition) is 0. The molecule has 6 heteroatoms. The van der Waals surface area contributed by atoms with Crippen LogP contribution >= 0.6 is 0 Å². The van der Waals surface area contributed by atoms with Crippen molar-refractivity contribution in [2.45, 2.75) is 0 Å². The molecule has 0 rings (SSSR count). The molecule has 0 fully saturated rings. The Balaban J connectivity index is -0.0000000450. The Labute approximate surface area is 80.8 Å². The Morgan fingerprint density at radius 1 is 1.00 bits per heavy atom. The van der Waals surface area contributed by atoms with Crippen LogP contribution in [0, 0.1) is 39.9 Å². The monoisotopic (exact) mass is 281 g/mol. The van der Waals surface area contributed by atoms with Crippen LogP contribution in [-0.4, -0.2) is 7.32 Å². The van der Waals surface area contributed by atoms with E-state index >= 15 is 0 Å². The summed E-state index contributed by atoms with van der Waals surface area (Å²) in [4.78, 5) is 0. The Hall–Kier alpha value is 1.89. The van der Waals surface area contributed by atoms with E-state index in [1.165, 1.54) is 0 Å². The topological polar surface area (TPSA) is 69.2 Å². The molecular formula is BGdO3Zn. The van der Waals surface area contributed by atoms with Gasteiger partial charge in [0.2, 0.25) is 0 Å². The summed E-state index contributed by atoms with van der Waals surface area (Å²) in [6.07, 6.45) is 0. The first-order valence-corrected chi connectivity index (χ1v) is 0.707. The summed E-state index contributed by atoms with van der Waals surface area (Å²) < 4.78 is 0. The summed E-state index contributed by atoms with van der Waals surface area (Å²) in [5, 5.41) is 25.2. The molecule has 0 spiro atoms. The van der Waals surface area contributed by atoms with E-state index in [-0.39, 0.29) is 59.4 Å². The molecule has 0 aliphatic carbocycles. The molecule has 3 nitrogen and oxygen atoms in total. The molecule has 31 valence electrons. The number of hydrogen-bond acceptors (Lipinski definition) is 3. The maximum atomic E-state index is 8.42. The molecule has 1 radical (unpaired) electrons. The molecule has 0 N–H and O–H groups in total. The van der Waals surface area contributed by atoms with Crippen LogP contribution in [0.3, 0.4) is 0 Å². The van der Waals surface area contributed by atoms with Crippen molar-refractivity contribution in [2.24, 2.45) is 0 Å². The third-order valence-electron chi connectivity index (χ3n) is 0. The Kier molecular flexibility index (Phi) is 26.1. The molecule has 0 aromatic heterocycles. The van der Waals surface area contributed by atoms with Crippen LogP contribution in [0.5, 0.6) is 0 Å². The fourth-order valence-electron chi connectivity index (χ4n) is 0. The van der Waals surface area contributed by atoms with Gasteiger partial charge in [0.1, 0.15) is 0 Å². The predicted octanol–water partition coefficient (Wildman–Crippen LogP) is -3.95. The molecule has 0 aliphatic heterocycles. The average Bonchev–Trinajstić information content (AvgIpc) is 0.811. The van der Waals surface area contributed by atoms with E-state index in [1.807, 2.05) is 0 Å². The summed E-state index contributed by atoms with van der Waals surface area (Å²) in [6.45, 7) is 0. The summed E-state index contributed by atoms with van der Waals surface area (Å²) in [6, 6.07) is 0. The van der Waals surface area contributed by atoms with Crippen LogP contribution in [0.4, 0.5) is 0 Å². The molecule has 0 aliphatic rings. The van der Waals surface area contributed by atoms with Gasteiger partial charge < -0.3 is 15.1 Å². The standard InChI is InChI=1S/BO3.Gd.Zn/c2-1(3)4;;/q-3;+3;. The van der Waals surface area contributed by atoms with Gasteiger partial charge in [0.25, 0.3) is 0 Å². The van der Waals surface area contributed by atoms with Crippen LogP contribution in [0.2, 0.25) is 0 Å². The van der Waals surface area contributed by atoms with Gasteiger partial charge in [-0.25, -0.2) is 0 Å². The molecule has 0 amide bonds. The predicted molar refractivity (Wildman–Crippen MR) is 5.75 cm³/mol. The fraction of sp³-hybridized carbons (Fsp3) is 0. The van der Waals surface area contributed by atoms with Gasteiger partial charge in [-0.3, -0.25) is 7.32 Å². The molecule has 0 saturated carbocycles.